The van der Waals surface area contributed by atoms with Crippen molar-refractivity contribution in [2.75, 3.05) is 39.5 Å². The monoisotopic (exact) mass is 231 g/mol. The van der Waals surface area contributed by atoms with E-state index in [1.807, 2.05) is 13.8 Å². The largest absolute Gasteiger partial charge is 0.396 e. The highest BCUT2D eigenvalue weighted by atomic mass is 16.7. The molecular weight excluding hydrogens is 206 g/mol. The van der Waals surface area contributed by atoms with Crippen molar-refractivity contribution < 1.29 is 14.6 Å². The highest BCUT2D eigenvalue weighted by Crippen LogP contribution is 2.16. The van der Waals surface area contributed by atoms with Crippen molar-refractivity contribution in [2.24, 2.45) is 5.92 Å². The van der Waals surface area contributed by atoms with Crippen molar-refractivity contribution >= 4 is 0 Å². The molecule has 16 heavy (non-hydrogen) atoms. The third kappa shape index (κ3) is 4.78. The molecule has 1 N–H and O–H groups in total. The molecule has 1 heterocycles. The standard InChI is InChI=1S/C12H25NO3/c1-3-15-12(16-4-2)9-13-7-5-6-11(8-13)10-14/h11-12,14H,3-10H2,1-2H3. The maximum atomic E-state index is 9.16. The molecule has 1 aliphatic rings. The average molecular weight is 231 g/mol. The van der Waals surface area contributed by atoms with Gasteiger partial charge in [-0.15, -0.1) is 0 Å². The number of hydrogen-bond acceptors (Lipinski definition) is 4. The molecule has 0 spiro atoms. The van der Waals surface area contributed by atoms with Gasteiger partial charge in [-0.25, -0.2) is 0 Å². The van der Waals surface area contributed by atoms with Crippen LogP contribution in [0.4, 0.5) is 0 Å². The van der Waals surface area contributed by atoms with Gasteiger partial charge in [-0.2, -0.15) is 0 Å². The fourth-order valence-electron chi connectivity index (χ4n) is 2.20. The lowest BCUT2D eigenvalue weighted by molar-refractivity contribution is -0.150. The van der Waals surface area contributed by atoms with Gasteiger partial charge in [-0.3, -0.25) is 4.90 Å². The summed E-state index contributed by atoms with van der Waals surface area (Å²) >= 11 is 0. The first kappa shape index (κ1) is 13.9. The lowest BCUT2D eigenvalue weighted by atomic mass is 9.99. The van der Waals surface area contributed by atoms with E-state index in [1.54, 1.807) is 0 Å². The molecule has 1 fully saturated rings. The van der Waals surface area contributed by atoms with E-state index in [1.165, 1.54) is 0 Å². The molecule has 1 rings (SSSR count). The Morgan fingerprint density at radius 1 is 1.31 bits per heavy atom. The van der Waals surface area contributed by atoms with Crippen LogP contribution < -0.4 is 0 Å². The maximum Gasteiger partial charge on any atom is 0.170 e. The minimum absolute atomic E-state index is 0.118. The highest BCUT2D eigenvalue weighted by Gasteiger charge is 2.22. The number of rotatable bonds is 7. The summed E-state index contributed by atoms with van der Waals surface area (Å²) in [6.07, 6.45) is 2.18. The van der Waals surface area contributed by atoms with Crippen LogP contribution in [0, 0.1) is 5.92 Å². The van der Waals surface area contributed by atoms with E-state index >= 15 is 0 Å². The summed E-state index contributed by atoms with van der Waals surface area (Å²) in [5.41, 5.74) is 0. The Hall–Kier alpha value is -0.160. The maximum absolute atomic E-state index is 9.16. The van der Waals surface area contributed by atoms with Gasteiger partial charge in [0.2, 0.25) is 0 Å². The van der Waals surface area contributed by atoms with E-state index in [4.69, 9.17) is 14.6 Å². The molecule has 0 aromatic heterocycles. The second-order valence-corrected chi connectivity index (χ2v) is 4.29. The fraction of sp³-hybridized carbons (Fsp3) is 1.00. The Labute approximate surface area is 98.5 Å². The summed E-state index contributed by atoms with van der Waals surface area (Å²) < 4.78 is 11.1. The van der Waals surface area contributed by atoms with Crippen LogP contribution in [0.5, 0.6) is 0 Å². The number of aliphatic hydroxyl groups is 1. The molecule has 4 heteroatoms. The Balaban J connectivity index is 2.31. The molecule has 0 saturated carbocycles. The van der Waals surface area contributed by atoms with Crippen molar-refractivity contribution in [3.8, 4) is 0 Å². The zero-order chi connectivity index (χ0) is 11.8. The minimum atomic E-state index is -0.118. The summed E-state index contributed by atoms with van der Waals surface area (Å²) in [5, 5.41) is 9.16. The zero-order valence-corrected chi connectivity index (χ0v) is 10.5. The molecule has 1 unspecified atom stereocenters. The quantitative estimate of drug-likeness (QED) is 0.666. The van der Waals surface area contributed by atoms with Gasteiger partial charge in [0.1, 0.15) is 0 Å². The van der Waals surface area contributed by atoms with Gasteiger partial charge in [0.25, 0.3) is 0 Å². The molecule has 0 radical (unpaired) electrons. The van der Waals surface area contributed by atoms with E-state index in [0.717, 1.165) is 32.5 Å². The molecular formula is C12H25NO3. The number of likely N-dealkylation sites (tertiary alicyclic amines) is 1. The smallest absolute Gasteiger partial charge is 0.170 e. The predicted octanol–water partition coefficient (Wildman–Crippen LogP) is 1.09. The number of piperidine rings is 1. The van der Waals surface area contributed by atoms with Crippen molar-refractivity contribution in [2.45, 2.75) is 33.0 Å². The van der Waals surface area contributed by atoms with E-state index in [-0.39, 0.29) is 6.29 Å². The fourth-order valence-corrected chi connectivity index (χ4v) is 2.20. The van der Waals surface area contributed by atoms with Crippen molar-refractivity contribution in [1.29, 1.82) is 0 Å². The molecule has 4 nitrogen and oxygen atoms in total. The first-order chi connectivity index (χ1) is 7.80. The summed E-state index contributed by atoms with van der Waals surface area (Å²) in [4.78, 5) is 2.33. The van der Waals surface area contributed by atoms with Gasteiger partial charge in [0.15, 0.2) is 6.29 Å². The summed E-state index contributed by atoms with van der Waals surface area (Å²) in [6, 6.07) is 0. The van der Waals surface area contributed by atoms with Gasteiger partial charge in [-0.05, 0) is 39.2 Å². The summed E-state index contributed by atoms with van der Waals surface area (Å²) in [6.45, 7) is 8.50. The topological polar surface area (TPSA) is 41.9 Å². The molecule has 1 atom stereocenters. The first-order valence-electron chi connectivity index (χ1n) is 6.36. The number of nitrogens with zero attached hydrogens (tertiary/aromatic N) is 1. The molecule has 1 aliphatic heterocycles. The van der Waals surface area contributed by atoms with Crippen LogP contribution in [-0.2, 0) is 9.47 Å². The number of hydrogen-bond donors (Lipinski definition) is 1. The second kappa shape index (κ2) is 8.01. The van der Waals surface area contributed by atoms with Crippen molar-refractivity contribution in [3.05, 3.63) is 0 Å². The average Bonchev–Trinajstić information content (AvgIpc) is 2.30. The third-order valence-electron chi connectivity index (χ3n) is 2.97. The van der Waals surface area contributed by atoms with Gasteiger partial charge < -0.3 is 14.6 Å². The SMILES string of the molecule is CCOC(CN1CCCC(CO)C1)OCC. The zero-order valence-electron chi connectivity index (χ0n) is 10.5. The van der Waals surface area contributed by atoms with Gasteiger partial charge >= 0.3 is 0 Å². The van der Waals surface area contributed by atoms with Crippen LogP contribution in [0.25, 0.3) is 0 Å². The van der Waals surface area contributed by atoms with Crippen LogP contribution in [0.3, 0.4) is 0 Å². The molecule has 0 aliphatic carbocycles. The number of ether oxygens (including phenoxy) is 2. The number of aliphatic hydroxyl groups excluding tert-OH is 1. The molecule has 0 bridgehead atoms. The van der Waals surface area contributed by atoms with Crippen molar-refractivity contribution in [1.82, 2.24) is 4.90 Å². The molecule has 0 amide bonds. The predicted molar refractivity (Wildman–Crippen MR) is 63.3 cm³/mol. The minimum Gasteiger partial charge on any atom is -0.396 e. The molecule has 1 saturated heterocycles. The lowest BCUT2D eigenvalue weighted by Gasteiger charge is -2.33. The van der Waals surface area contributed by atoms with Gasteiger partial charge in [0, 0.05) is 32.9 Å². The molecule has 0 aromatic rings. The summed E-state index contributed by atoms with van der Waals surface area (Å²) in [7, 11) is 0. The Morgan fingerprint density at radius 2 is 2.00 bits per heavy atom. The van der Waals surface area contributed by atoms with E-state index in [2.05, 4.69) is 4.90 Å². The van der Waals surface area contributed by atoms with Crippen LogP contribution in [0.2, 0.25) is 0 Å². The van der Waals surface area contributed by atoms with Gasteiger partial charge in [-0.1, -0.05) is 0 Å². The third-order valence-corrected chi connectivity index (χ3v) is 2.97. The normalized spacial score (nSPS) is 22.9. The first-order valence-corrected chi connectivity index (χ1v) is 6.36. The van der Waals surface area contributed by atoms with Crippen LogP contribution in [0.15, 0.2) is 0 Å². The van der Waals surface area contributed by atoms with Crippen LogP contribution in [-0.4, -0.2) is 55.8 Å². The van der Waals surface area contributed by atoms with Gasteiger partial charge in [0.05, 0.1) is 0 Å². The van der Waals surface area contributed by atoms with Crippen LogP contribution in [0.1, 0.15) is 26.7 Å². The highest BCUT2D eigenvalue weighted by molar-refractivity contribution is 4.73. The van der Waals surface area contributed by atoms with E-state index < -0.39 is 0 Å². The van der Waals surface area contributed by atoms with Crippen LogP contribution >= 0.6 is 0 Å². The Morgan fingerprint density at radius 3 is 2.56 bits per heavy atom. The summed E-state index contributed by atoms with van der Waals surface area (Å²) in [5.74, 6) is 0.428. The van der Waals surface area contributed by atoms with Crippen molar-refractivity contribution in [3.63, 3.8) is 0 Å². The molecule has 96 valence electrons. The van der Waals surface area contributed by atoms with E-state index in [0.29, 0.717) is 25.7 Å². The molecule has 0 aromatic carbocycles. The second-order valence-electron chi connectivity index (χ2n) is 4.29. The Bertz CT molecular complexity index is 172. The lowest BCUT2D eigenvalue weighted by Crippen LogP contribution is -2.42. The van der Waals surface area contributed by atoms with E-state index in [9.17, 15) is 0 Å². The Kier molecular flexibility index (Phi) is 6.96.